The van der Waals surface area contributed by atoms with Gasteiger partial charge in [-0.15, -0.1) is 0 Å². The third-order valence-corrected chi connectivity index (χ3v) is 10.7. The summed E-state index contributed by atoms with van der Waals surface area (Å²) in [5.41, 5.74) is 0.933. The van der Waals surface area contributed by atoms with Crippen molar-refractivity contribution < 1.29 is 23.6 Å². The quantitative estimate of drug-likeness (QED) is 0.159. The summed E-state index contributed by atoms with van der Waals surface area (Å²) in [4.78, 5) is 59.5. The van der Waals surface area contributed by atoms with E-state index >= 15 is 0 Å². The summed E-state index contributed by atoms with van der Waals surface area (Å²) in [6, 6.07) is 37.8. The van der Waals surface area contributed by atoms with Gasteiger partial charge in [0.25, 0.3) is 11.8 Å². The largest absolute Gasteiger partial charge is 0.460 e. The molecule has 250 valence electrons. The second-order valence-electron chi connectivity index (χ2n) is 13.2. The molecule has 2 aliphatic rings. The lowest BCUT2D eigenvalue weighted by Gasteiger charge is -2.40. The number of hydrogen-bond acceptors (Lipinski definition) is 7. The fourth-order valence-electron chi connectivity index (χ4n) is 8.34. The summed E-state index contributed by atoms with van der Waals surface area (Å²) >= 11 is 0. The Balaban J connectivity index is 1.19. The van der Waals surface area contributed by atoms with Crippen LogP contribution in [0.25, 0.3) is 22.1 Å². The lowest BCUT2D eigenvalue weighted by atomic mass is 9.85. The molecular formula is C42H32N4O5. The lowest BCUT2D eigenvalue weighted by Crippen LogP contribution is -2.51. The summed E-state index contributed by atoms with van der Waals surface area (Å²) in [6.45, 7) is 0.802. The van der Waals surface area contributed by atoms with Crippen LogP contribution in [0.5, 0.6) is 0 Å². The number of fused-ring (bicyclic) bond motifs is 4. The van der Waals surface area contributed by atoms with Gasteiger partial charge in [-0.05, 0) is 97.5 Å². The minimum Gasteiger partial charge on any atom is -0.460 e. The fourth-order valence-corrected chi connectivity index (χ4v) is 8.34. The molecule has 2 aromatic carbocycles. The van der Waals surface area contributed by atoms with Crippen LogP contribution in [0.1, 0.15) is 57.9 Å². The predicted octanol–water partition coefficient (Wildman–Crippen LogP) is 6.71. The Bertz CT molecular complexity index is 2100. The number of nitrogens with zero attached hydrogens (tertiary/aromatic N) is 4. The zero-order valence-corrected chi connectivity index (χ0v) is 27.6. The van der Waals surface area contributed by atoms with Crippen molar-refractivity contribution in [1.29, 1.82) is 0 Å². The van der Waals surface area contributed by atoms with E-state index in [9.17, 15) is 19.2 Å². The van der Waals surface area contributed by atoms with Crippen molar-refractivity contribution in [1.82, 2.24) is 18.9 Å². The normalized spacial score (nSPS) is 18.8. The molecule has 0 spiro atoms. The third kappa shape index (κ3) is 4.48. The first-order valence-electron chi connectivity index (χ1n) is 17.2. The molecule has 0 aliphatic carbocycles. The van der Waals surface area contributed by atoms with Crippen molar-refractivity contribution in [2.75, 3.05) is 13.1 Å². The molecule has 0 N–H and O–H groups in total. The van der Waals surface area contributed by atoms with Crippen LogP contribution in [-0.4, -0.2) is 56.4 Å². The van der Waals surface area contributed by atoms with Gasteiger partial charge in [-0.2, -0.15) is 0 Å². The average molecular weight is 673 g/mol. The third-order valence-electron chi connectivity index (χ3n) is 10.7. The van der Waals surface area contributed by atoms with E-state index in [-0.39, 0.29) is 23.3 Å². The maximum absolute atomic E-state index is 14.2. The van der Waals surface area contributed by atoms with Crippen LogP contribution in [0.15, 0.2) is 126 Å². The molecule has 0 amide bonds. The van der Waals surface area contributed by atoms with Gasteiger partial charge < -0.3 is 4.42 Å². The van der Waals surface area contributed by atoms with E-state index in [0.717, 1.165) is 22.1 Å². The monoisotopic (exact) mass is 672 g/mol. The maximum atomic E-state index is 14.2. The number of carbonyl (C=O) groups is 2. The van der Waals surface area contributed by atoms with Gasteiger partial charge in [-0.3, -0.25) is 38.1 Å². The second-order valence-corrected chi connectivity index (χ2v) is 13.2. The molecular weight excluding hydrogens is 640 g/mol. The van der Waals surface area contributed by atoms with Crippen LogP contribution in [0.3, 0.4) is 0 Å². The second kappa shape index (κ2) is 12.0. The molecule has 1 unspecified atom stereocenters. The zero-order valence-electron chi connectivity index (χ0n) is 27.6. The molecule has 5 aromatic heterocycles. The first kappa shape index (κ1) is 31.3. The summed E-state index contributed by atoms with van der Waals surface area (Å²) in [6.07, 6.45) is 6.86. The smallest absolute Gasteiger partial charge is 0.254 e. The highest BCUT2D eigenvalue weighted by molar-refractivity contribution is 6.02. The predicted molar refractivity (Wildman–Crippen MR) is 190 cm³/mol. The molecule has 2 fully saturated rings. The highest BCUT2D eigenvalue weighted by Gasteiger charge is 2.55. The Morgan fingerprint density at radius 3 is 1.20 bits per heavy atom. The Labute approximate surface area is 294 Å². The molecule has 9 rings (SSSR count). The van der Waals surface area contributed by atoms with Gasteiger partial charge in [0.1, 0.15) is 23.6 Å². The van der Waals surface area contributed by atoms with E-state index in [0.29, 0.717) is 62.0 Å². The van der Waals surface area contributed by atoms with Crippen molar-refractivity contribution in [3.63, 3.8) is 0 Å². The van der Waals surface area contributed by atoms with Crippen molar-refractivity contribution in [2.45, 2.75) is 36.8 Å². The highest BCUT2D eigenvalue weighted by atomic mass is 16.3. The minimum atomic E-state index is -1.66. The number of rotatable bonds is 10. The number of furan rings is 1. The van der Waals surface area contributed by atoms with Crippen LogP contribution in [0, 0.1) is 12.1 Å². The number of aromatic nitrogens is 2. The molecule has 9 heteroatoms. The molecule has 4 radical (unpaired) electrons. The number of likely N-dealkylation sites (tertiary alicyclic amines) is 2. The van der Waals surface area contributed by atoms with E-state index in [2.05, 4.69) is 12.6 Å². The van der Waals surface area contributed by atoms with Crippen LogP contribution in [0.4, 0.5) is 0 Å². The SMILES string of the molecule is O=[C]C(c1ccccc1)(c1ccc([C@@]([C]=O)(c2ccccc2)N2CCC[C]2C(=O)n2c3ccc2cc3)o1)N1CCC[C]1C(=O)n1c2ccc1cc2. The lowest BCUT2D eigenvalue weighted by molar-refractivity contribution is 0.0822. The average Bonchev–Trinajstić information content (AvgIpc) is 4.04. The zero-order chi connectivity index (χ0) is 34.7. The van der Waals surface area contributed by atoms with E-state index in [1.54, 1.807) is 21.3 Å². The van der Waals surface area contributed by atoms with Crippen molar-refractivity contribution >= 4 is 46.5 Å². The summed E-state index contributed by atoms with van der Waals surface area (Å²) in [5.74, 6) is -0.0154. The Morgan fingerprint density at radius 1 is 0.510 bits per heavy atom. The first-order chi connectivity index (χ1) is 25.0. The Morgan fingerprint density at radius 2 is 0.863 bits per heavy atom. The van der Waals surface area contributed by atoms with Crippen molar-refractivity contribution in [2.24, 2.45) is 0 Å². The van der Waals surface area contributed by atoms with Crippen molar-refractivity contribution in [3.8, 4) is 0 Å². The Kier molecular flexibility index (Phi) is 7.38. The molecule has 9 nitrogen and oxygen atoms in total. The molecule has 51 heavy (non-hydrogen) atoms. The fraction of sp³-hybridized carbons (Fsp3) is 0.190. The van der Waals surface area contributed by atoms with Crippen LogP contribution >= 0.6 is 0 Å². The van der Waals surface area contributed by atoms with E-state index in [4.69, 9.17) is 4.42 Å². The molecule has 4 bridgehead atoms. The minimum absolute atomic E-state index is 0.201. The van der Waals surface area contributed by atoms with E-state index in [1.165, 1.54) is 0 Å². The highest BCUT2D eigenvalue weighted by Crippen LogP contribution is 2.48. The number of carbonyl (C=O) groups excluding carboxylic acids is 4. The number of hydrogen-bond donors (Lipinski definition) is 0. The van der Waals surface area contributed by atoms with E-state index < -0.39 is 11.1 Å². The van der Waals surface area contributed by atoms with Gasteiger partial charge in [0.2, 0.25) is 12.6 Å². The Hall–Kier alpha value is -5.64. The molecule has 2 atom stereocenters. The molecule has 2 aliphatic heterocycles. The van der Waals surface area contributed by atoms with E-state index in [1.807, 2.05) is 119 Å². The maximum Gasteiger partial charge on any atom is 0.254 e. The number of benzene rings is 4. The topological polar surface area (TPSA) is 97.8 Å². The van der Waals surface area contributed by atoms with Gasteiger partial charge in [0.05, 0.1) is 0 Å². The van der Waals surface area contributed by atoms with Gasteiger partial charge >= 0.3 is 0 Å². The van der Waals surface area contributed by atoms with Gasteiger partial charge in [-0.25, -0.2) is 0 Å². The summed E-state index contributed by atoms with van der Waals surface area (Å²) < 4.78 is 10.1. The van der Waals surface area contributed by atoms with Crippen LogP contribution < -0.4 is 0 Å². The summed E-state index contributed by atoms with van der Waals surface area (Å²) in [5, 5.41) is 0. The van der Waals surface area contributed by atoms with Crippen molar-refractivity contribution in [3.05, 3.63) is 156 Å². The first-order valence-corrected chi connectivity index (χ1v) is 17.2. The molecule has 7 aromatic rings. The summed E-state index contributed by atoms with van der Waals surface area (Å²) in [7, 11) is 0. The molecule has 0 saturated carbocycles. The van der Waals surface area contributed by atoms with Gasteiger partial charge in [-0.1, -0.05) is 60.7 Å². The van der Waals surface area contributed by atoms with Crippen LogP contribution in [-0.2, 0) is 20.7 Å². The molecule has 7 heterocycles. The van der Waals surface area contributed by atoms with Gasteiger partial charge in [0.15, 0.2) is 11.1 Å². The molecule has 2 saturated heterocycles. The standard InChI is InChI=1S/C42H32N4O5/c47-27-41(29-9-3-1-4-10-29,43-25-7-13-35(43)39(49)45-31-15-16-32(45)18-17-31)37-23-24-38(51-37)42(28-48,30-11-5-2-6-12-30)44-26-8-14-36(44)40(50)46-33-19-20-34(46)22-21-33/h1-6,9-12,15-24H,7-8,13-14,25-26H2/t41-,42?/m1/s1. The van der Waals surface area contributed by atoms with Crippen LogP contribution in [0.2, 0.25) is 0 Å². The van der Waals surface area contributed by atoms with Gasteiger partial charge in [0, 0.05) is 35.2 Å².